The Balaban J connectivity index is 0.000000217. The molecule has 7 rings (SSSR count). The molecule has 0 saturated heterocycles. The molecule has 2 aromatic heterocycles. The molecule has 5 heteroatoms. The minimum absolute atomic E-state index is 0. The van der Waals surface area contributed by atoms with Gasteiger partial charge in [0.2, 0.25) is 0 Å². The van der Waals surface area contributed by atoms with Gasteiger partial charge in [0.15, 0.2) is 5.78 Å². The Hall–Kier alpha value is -3.79. The van der Waals surface area contributed by atoms with Gasteiger partial charge in [0.05, 0.1) is 11.3 Å². The van der Waals surface area contributed by atoms with Gasteiger partial charge in [-0.2, -0.15) is 0 Å². The van der Waals surface area contributed by atoms with E-state index in [2.05, 4.69) is 85.3 Å². The van der Waals surface area contributed by atoms with Gasteiger partial charge in [-0.25, -0.2) is 0 Å². The van der Waals surface area contributed by atoms with Gasteiger partial charge in [-0.1, -0.05) is 86.3 Å². The van der Waals surface area contributed by atoms with Gasteiger partial charge < -0.3 is 9.67 Å². The van der Waals surface area contributed by atoms with Crippen molar-refractivity contribution in [2.75, 3.05) is 0 Å². The Morgan fingerprint density at radius 3 is 2.18 bits per heavy atom. The number of hydrogen-bond acceptors (Lipinski definition) is 3. The van der Waals surface area contributed by atoms with Crippen molar-refractivity contribution in [3.05, 3.63) is 90.5 Å². The normalized spacial score (nSPS) is 12.2. The van der Waals surface area contributed by atoms with Gasteiger partial charge in [0, 0.05) is 73.2 Å². The van der Waals surface area contributed by atoms with Crippen LogP contribution in [-0.2, 0) is 31.9 Å². The van der Waals surface area contributed by atoms with Crippen LogP contribution in [0.1, 0.15) is 59.1 Å². The predicted molar refractivity (Wildman–Crippen MR) is 187 cm³/mol. The minimum atomic E-state index is 0. The molecular weight excluding hydrogens is 733 g/mol. The van der Waals surface area contributed by atoms with Crippen LogP contribution in [0.3, 0.4) is 0 Å². The van der Waals surface area contributed by atoms with E-state index in [0.717, 1.165) is 42.0 Å². The van der Waals surface area contributed by atoms with E-state index < -0.39 is 0 Å². The number of hydrogen-bond donors (Lipinski definition) is 1. The number of pyridine rings is 1. The van der Waals surface area contributed by atoms with Crippen LogP contribution in [0.4, 0.5) is 0 Å². The first-order valence-electron chi connectivity index (χ1n) is 16.0. The molecule has 0 bridgehead atoms. The first-order chi connectivity index (χ1) is 21.3. The number of carbonyl (C=O) groups is 1. The Kier molecular flexibility index (Phi) is 9.62. The summed E-state index contributed by atoms with van der Waals surface area (Å²) in [7, 11) is 2.19. The SMILES string of the molecule is CCC(CC)C(=O)/C=C(\O)C(CC)CC.Cc1c2c3cc4ccccc4[c-]c3c3nccc4c5ccccc5c(c2c43)n1C.[Ir]. The number of benzene rings is 5. The number of carbonyl (C=O) groups excluding carboxylic acids is 1. The largest absolute Gasteiger partial charge is 0.512 e. The zero-order valence-corrected chi connectivity index (χ0v) is 29.4. The van der Waals surface area contributed by atoms with Gasteiger partial charge in [0.1, 0.15) is 0 Å². The molecule has 4 nitrogen and oxygen atoms in total. The van der Waals surface area contributed by atoms with Crippen molar-refractivity contribution in [2.45, 2.75) is 60.3 Å². The maximum Gasteiger partial charge on any atom is 0.162 e. The second-order valence-electron chi connectivity index (χ2n) is 12.0. The second kappa shape index (κ2) is 13.3. The molecule has 1 N–H and O–H groups in total. The third-order valence-corrected chi connectivity index (χ3v) is 9.74. The summed E-state index contributed by atoms with van der Waals surface area (Å²) in [6, 6.07) is 25.4. The molecule has 5 aromatic carbocycles. The molecule has 0 spiro atoms. The summed E-state index contributed by atoms with van der Waals surface area (Å²) in [5.74, 6) is 0.547. The zero-order chi connectivity index (χ0) is 31.1. The number of aliphatic hydroxyl groups excluding tert-OH is 1. The van der Waals surface area contributed by atoms with E-state index in [0.29, 0.717) is 0 Å². The predicted octanol–water partition coefficient (Wildman–Crippen LogP) is 10.8. The number of nitrogens with zero attached hydrogens (tertiary/aromatic N) is 2. The van der Waals surface area contributed by atoms with Crippen LogP contribution in [0.15, 0.2) is 78.7 Å². The third kappa shape index (κ3) is 5.41. The topological polar surface area (TPSA) is 55.1 Å². The molecular formula is C40H41IrN2O2-. The number of ketones is 1. The second-order valence-corrected chi connectivity index (χ2v) is 12.0. The van der Waals surface area contributed by atoms with Gasteiger partial charge in [-0.05, 0) is 60.2 Å². The molecule has 0 aliphatic heterocycles. The van der Waals surface area contributed by atoms with Gasteiger partial charge in [-0.15, -0.1) is 23.6 Å². The number of aromatic nitrogens is 2. The van der Waals surface area contributed by atoms with Crippen molar-refractivity contribution < 1.29 is 30.0 Å². The van der Waals surface area contributed by atoms with E-state index in [1.165, 1.54) is 60.4 Å². The fourth-order valence-electron chi connectivity index (χ4n) is 7.07. The van der Waals surface area contributed by atoms with E-state index >= 15 is 0 Å². The van der Waals surface area contributed by atoms with E-state index in [4.69, 9.17) is 4.98 Å². The summed E-state index contributed by atoms with van der Waals surface area (Å²) >= 11 is 0. The van der Waals surface area contributed by atoms with Gasteiger partial charge >= 0.3 is 0 Å². The minimum Gasteiger partial charge on any atom is -0.512 e. The Labute approximate surface area is 278 Å². The van der Waals surface area contributed by atoms with Crippen LogP contribution in [0.25, 0.3) is 64.9 Å². The van der Waals surface area contributed by atoms with Crippen molar-refractivity contribution in [1.29, 1.82) is 0 Å². The van der Waals surface area contributed by atoms with Gasteiger partial charge in [-0.3, -0.25) is 9.78 Å². The first-order valence-corrected chi connectivity index (χ1v) is 16.0. The number of rotatable bonds is 7. The number of aryl methyl sites for hydroxylation is 2. The maximum atomic E-state index is 11.7. The van der Waals surface area contributed by atoms with E-state index in [1.807, 2.05) is 33.9 Å². The smallest absolute Gasteiger partial charge is 0.162 e. The van der Waals surface area contributed by atoms with E-state index in [1.54, 1.807) is 0 Å². The van der Waals surface area contributed by atoms with Crippen LogP contribution in [0.2, 0.25) is 0 Å². The summed E-state index contributed by atoms with van der Waals surface area (Å²) in [6.45, 7) is 10.3. The molecule has 233 valence electrons. The molecule has 7 aromatic rings. The van der Waals surface area contributed by atoms with Crippen LogP contribution < -0.4 is 0 Å². The first kappa shape index (κ1) is 32.6. The quantitative estimate of drug-likeness (QED) is 0.0577. The fraction of sp³-hybridized carbons (Fsp3) is 0.300. The standard InChI is InChI=1S/C27H17N2.C13H24O2.Ir/c1-15-23-21-13-16-7-3-4-8-17(16)14-22(21)26-24-19(11-12-28-26)18-9-5-6-10-20(18)27(25(23)24)29(15)2;1-5-10(6-2)12(14)9-13(15)11(7-3)8-4;/h3-13H,1-2H3;9-11,14H,5-8H2,1-4H3;/q-1;;/b;12-9-;. The van der Waals surface area contributed by atoms with Crippen molar-refractivity contribution in [3.63, 3.8) is 0 Å². The van der Waals surface area contributed by atoms with E-state index in [-0.39, 0.29) is 43.5 Å². The molecule has 0 atom stereocenters. The third-order valence-electron chi connectivity index (χ3n) is 9.74. The molecule has 0 amide bonds. The molecule has 0 aliphatic rings. The summed E-state index contributed by atoms with van der Waals surface area (Å²) in [4.78, 5) is 16.6. The molecule has 2 heterocycles. The summed E-state index contributed by atoms with van der Waals surface area (Å²) in [5.41, 5.74) is 3.64. The Bertz CT molecular complexity index is 2180. The maximum absolute atomic E-state index is 11.7. The molecule has 0 saturated carbocycles. The van der Waals surface area contributed by atoms with Crippen molar-refractivity contribution in [3.8, 4) is 0 Å². The van der Waals surface area contributed by atoms with Crippen LogP contribution in [-0.4, -0.2) is 20.4 Å². The number of aliphatic hydroxyl groups is 1. The zero-order valence-electron chi connectivity index (χ0n) is 27.0. The van der Waals surface area contributed by atoms with Gasteiger partial charge in [0.25, 0.3) is 0 Å². The van der Waals surface area contributed by atoms with Crippen molar-refractivity contribution in [1.82, 2.24) is 9.55 Å². The van der Waals surface area contributed by atoms with Crippen LogP contribution >= 0.6 is 0 Å². The van der Waals surface area contributed by atoms with Crippen molar-refractivity contribution >= 4 is 70.7 Å². The average Bonchev–Trinajstić information content (AvgIpc) is 3.32. The van der Waals surface area contributed by atoms with Crippen LogP contribution in [0.5, 0.6) is 0 Å². The summed E-state index contributed by atoms with van der Waals surface area (Å²) in [6.07, 6.45) is 6.85. The van der Waals surface area contributed by atoms with Crippen molar-refractivity contribution in [2.24, 2.45) is 18.9 Å². The molecule has 1 radical (unpaired) electrons. The Morgan fingerprint density at radius 1 is 0.844 bits per heavy atom. The van der Waals surface area contributed by atoms with Crippen LogP contribution in [0, 0.1) is 24.8 Å². The monoisotopic (exact) mass is 774 g/mol. The fourth-order valence-corrected chi connectivity index (χ4v) is 7.07. The average molecular weight is 774 g/mol. The number of allylic oxidation sites excluding steroid dienone is 2. The summed E-state index contributed by atoms with van der Waals surface area (Å²) < 4.78 is 2.35. The molecule has 0 aliphatic carbocycles. The molecule has 0 fully saturated rings. The number of fused-ring (bicyclic) bond motifs is 7. The molecule has 0 unspecified atom stereocenters. The summed E-state index contributed by atoms with van der Waals surface area (Å²) in [5, 5.41) is 22.3. The van der Waals surface area contributed by atoms with E-state index in [9.17, 15) is 9.90 Å². The molecule has 45 heavy (non-hydrogen) atoms. The Morgan fingerprint density at radius 2 is 1.49 bits per heavy atom.